The lowest BCUT2D eigenvalue weighted by Gasteiger charge is -2.39. The maximum absolute atomic E-state index is 14.3. The summed E-state index contributed by atoms with van der Waals surface area (Å²) in [5.41, 5.74) is 3.59. The molecule has 1 amide bonds. The fourth-order valence-electron chi connectivity index (χ4n) is 6.25. The van der Waals surface area contributed by atoms with E-state index in [1.807, 2.05) is 30.3 Å². The van der Waals surface area contributed by atoms with Gasteiger partial charge in [0.05, 0.1) is 12.1 Å². The van der Waals surface area contributed by atoms with E-state index in [2.05, 4.69) is 52.3 Å². The van der Waals surface area contributed by atoms with E-state index in [1.54, 1.807) is 12.1 Å². The number of hydrogen-bond acceptors (Lipinski definition) is 6. The van der Waals surface area contributed by atoms with Crippen molar-refractivity contribution >= 4 is 23.8 Å². The van der Waals surface area contributed by atoms with Gasteiger partial charge in [-0.25, -0.2) is 8.78 Å². The summed E-state index contributed by atoms with van der Waals surface area (Å²) in [4.78, 5) is 30.6. The molecule has 1 saturated heterocycles. The van der Waals surface area contributed by atoms with Gasteiger partial charge in [0.2, 0.25) is 5.91 Å². The van der Waals surface area contributed by atoms with E-state index in [0.29, 0.717) is 24.4 Å². The van der Waals surface area contributed by atoms with Crippen LogP contribution in [0.15, 0.2) is 66.7 Å². The molecule has 0 bridgehead atoms. The first-order valence-electron chi connectivity index (χ1n) is 16.6. The number of nitrogens with zero attached hydrogens (tertiary/aromatic N) is 3. The van der Waals surface area contributed by atoms with Crippen LogP contribution in [-0.4, -0.2) is 91.8 Å². The normalized spacial score (nSPS) is 18.1. The van der Waals surface area contributed by atoms with Gasteiger partial charge in [-0.1, -0.05) is 67.9 Å². The van der Waals surface area contributed by atoms with Gasteiger partial charge in [-0.15, -0.1) is 0 Å². The molecule has 1 fully saturated rings. The lowest BCUT2D eigenvalue weighted by atomic mass is 9.95. The van der Waals surface area contributed by atoms with Crippen molar-refractivity contribution < 1.29 is 18.4 Å². The fourth-order valence-corrected chi connectivity index (χ4v) is 6.37. The number of piperazine rings is 1. The molecule has 0 saturated carbocycles. The molecule has 7 nitrogen and oxygen atoms in total. The number of benzene rings is 3. The second-order valence-corrected chi connectivity index (χ2v) is 12.7. The van der Waals surface area contributed by atoms with Gasteiger partial charge in [0, 0.05) is 49.4 Å². The number of amides is 1. The van der Waals surface area contributed by atoms with Crippen LogP contribution in [0.5, 0.6) is 0 Å². The molecule has 0 aromatic heterocycles. The first-order valence-corrected chi connectivity index (χ1v) is 17.0. The second-order valence-electron chi connectivity index (χ2n) is 12.3. The molecule has 2 aliphatic rings. The highest BCUT2D eigenvalue weighted by atomic mass is 35.5. The molecule has 2 aliphatic heterocycles. The average Bonchev–Trinajstić information content (AvgIpc) is 3.08. The van der Waals surface area contributed by atoms with Crippen LogP contribution in [0.1, 0.15) is 48.6 Å². The van der Waals surface area contributed by atoms with E-state index in [4.69, 9.17) is 11.6 Å². The maximum Gasteiger partial charge on any atom is 0.238 e. The van der Waals surface area contributed by atoms with Crippen molar-refractivity contribution in [2.75, 3.05) is 52.9 Å². The Kier molecular flexibility index (Phi) is 14.3. The van der Waals surface area contributed by atoms with Crippen molar-refractivity contribution in [1.82, 2.24) is 25.3 Å². The van der Waals surface area contributed by atoms with Crippen molar-refractivity contribution in [2.24, 2.45) is 0 Å². The number of fused-ring (bicyclic) bond motifs is 1. The van der Waals surface area contributed by atoms with Crippen LogP contribution in [-0.2, 0) is 29.0 Å². The van der Waals surface area contributed by atoms with Crippen LogP contribution in [0.4, 0.5) is 8.78 Å². The Morgan fingerprint density at radius 3 is 2.23 bits per heavy atom. The maximum atomic E-state index is 14.3. The zero-order chi connectivity index (χ0) is 33.8. The summed E-state index contributed by atoms with van der Waals surface area (Å²) < 4.78 is 28.7. The van der Waals surface area contributed by atoms with Gasteiger partial charge in [-0.3, -0.25) is 9.69 Å². The predicted molar refractivity (Wildman–Crippen MR) is 184 cm³/mol. The van der Waals surface area contributed by atoms with Gasteiger partial charge in [0.25, 0.3) is 0 Å². The lowest BCUT2D eigenvalue weighted by molar-refractivity contribution is -0.126. The van der Waals surface area contributed by atoms with Crippen LogP contribution >= 0.6 is 11.6 Å². The molecule has 2 heterocycles. The lowest BCUT2D eigenvalue weighted by Crippen LogP contribution is -2.51. The second kappa shape index (κ2) is 18.4. The zero-order valence-electron chi connectivity index (χ0n) is 27.7. The zero-order valence-corrected chi connectivity index (χ0v) is 28.5. The minimum absolute atomic E-state index is 0.143. The van der Waals surface area contributed by atoms with E-state index >= 15 is 0 Å². The first-order chi connectivity index (χ1) is 22.7. The number of aldehydes is 1. The van der Waals surface area contributed by atoms with Gasteiger partial charge in [0.1, 0.15) is 17.9 Å². The van der Waals surface area contributed by atoms with Gasteiger partial charge in [0.15, 0.2) is 0 Å². The SMILES string of the molecule is CCN(CC)CCC(c1c(F)cccc1F)N1CCN(C)CC1.O=C[C@@H](Cc1ccc(Cl)cc1)NC(=O)C1Cc2ccccc2CN1. The van der Waals surface area contributed by atoms with E-state index in [-0.39, 0.29) is 23.6 Å². The summed E-state index contributed by atoms with van der Waals surface area (Å²) in [5.74, 6) is -0.988. The molecule has 10 heteroatoms. The average molecular weight is 668 g/mol. The smallest absolute Gasteiger partial charge is 0.238 e. The molecular weight excluding hydrogens is 620 g/mol. The monoisotopic (exact) mass is 667 g/mol. The largest absolute Gasteiger partial charge is 0.345 e. The van der Waals surface area contributed by atoms with Crippen molar-refractivity contribution in [3.8, 4) is 0 Å². The van der Waals surface area contributed by atoms with Crippen LogP contribution < -0.4 is 10.6 Å². The number of halogens is 3. The Bertz CT molecular complexity index is 1410. The standard InChI is InChI=1S/C19H19ClN2O2.C18H29F2N3/c20-16-7-5-13(6-8-16)9-17(12-23)22-19(24)18-10-14-3-1-2-4-15(14)11-21-18;1-4-22(5-2)10-9-17(23-13-11-21(3)12-14-23)18-15(19)7-6-8-16(18)20/h1-8,12,17-18,21H,9-11H2,(H,22,24);6-8,17H,4-5,9-14H2,1-3H3/t17-,18?;/m1./s1. The minimum atomic E-state index is -0.544. The molecular formula is C37H48ClF2N5O2. The predicted octanol–water partition coefficient (Wildman–Crippen LogP) is 5.27. The van der Waals surface area contributed by atoms with Crippen molar-refractivity contribution in [3.63, 3.8) is 0 Å². The minimum Gasteiger partial charge on any atom is -0.345 e. The summed E-state index contributed by atoms with van der Waals surface area (Å²) >= 11 is 5.86. The molecule has 5 rings (SSSR count). The number of nitrogens with one attached hydrogen (secondary N) is 2. The summed E-state index contributed by atoms with van der Waals surface area (Å²) in [6.07, 6.45) is 2.62. The topological polar surface area (TPSA) is 67.9 Å². The Morgan fingerprint density at radius 2 is 1.62 bits per heavy atom. The van der Waals surface area contributed by atoms with E-state index in [0.717, 1.165) is 64.1 Å². The van der Waals surface area contributed by atoms with Crippen LogP contribution in [0.3, 0.4) is 0 Å². The summed E-state index contributed by atoms with van der Waals surface area (Å²) in [7, 11) is 2.09. The number of carbonyl (C=O) groups is 2. The van der Waals surface area contributed by atoms with Crippen molar-refractivity contribution in [3.05, 3.63) is 106 Å². The number of hydrogen-bond donors (Lipinski definition) is 2. The summed E-state index contributed by atoms with van der Waals surface area (Å²) in [6.45, 7) is 11.3. The molecule has 0 radical (unpaired) electrons. The highest BCUT2D eigenvalue weighted by Gasteiger charge is 2.29. The Hall–Kier alpha value is -3.21. The Balaban J connectivity index is 0.000000213. The molecule has 0 spiro atoms. The van der Waals surface area contributed by atoms with Crippen LogP contribution in [0, 0.1) is 11.6 Å². The van der Waals surface area contributed by atoms with E-state index in [1.165, 1.54) is 29.3 Å². The Labute approximate surface area is 283 Å². The highest BCUT2D eigenvalue weighted by molar-refractivity contribution is 6.30. The molecule has 47 heavy (non-hydrogen) atoms. The van der Waals surface area contributed by atoms with Crippen LogP contribution in [0.2, 0.25) is 5.02 Å². The number of likely N-dealkylation sites (N-methyl/N-ethyl adjacent to an activating group) is 1. The number of carbonyl (C=O) groups excluding carboxylic acids is 2. The highest BCUT2D eigenvalue weighted by Crippen LogP contribution is 2.30. The fraction of sp³-hybridized carbons (Fsp3) is 0.459. The molecule has 3 aromatic carbocycles. The van der Waals surface area contributed by atoms with E-state index < -0.39 is 17.7 Å². The van der Waals surface area contributed by atoms with Gasteiger partial charge >= 0.3 is 0 Å². The van der Waals surface area contributed by atoms with Crippen molar-refractivity contribution in [2.45, 2.75) is 57.8 Å². The molecule has 0 aliphatic carbocycles. The third kappa shape index (κ3) is 10.6. The molecule has 2 unspecified atom stereocenters. The summed E-state index contributed by atoms with van der Waals surface area (Å²) in [6, 6.07) is 18.5. The molecule has 2 N–H and O–H groups in total. The quantitative estimate of drug-likeness (QED) is 0.257. The van der Waals surface area contributed by atoms with Crippen LogP contribution in [0.25, 0.3) is 0 Å². The van der Waals surface area contributed by atoms with Crippen molar-refractivity contribution in [1.29, 1.82) is 0 Å². The third-order valence-corrected chi connectivity index (χ3v) is 9.44. The van der Waals surface area contributed by atoms with Gasteiger partial charge < -0.3 is 25.2 Å². The first kappa shape index (κ1) is 36.6. The molecule has 3 aromatic rings. The van der Waals surface area contributed by atoms with Gasteiger partial charge in [-0.05, 0) is 86.9 Å². The van der Waals surface area contributed by atoms with Gasteiger partial charge in [-0.2, -0.15) is 0 Å². The Morgan fingerprint density at radius 1 is 0.979 bits per heavy atom. The molecule has 3 atom stereocenters. The summed E-state index contributed by atoms with van der Waals surface area (Å²) in [5, 5.41) is 6.71. The molecule has 254 valence electrons. The third-order valence-electron chi connectivity index (χ3n) is 9.18. The van der Waals surface area contributed by atoms with E-state index in [9.17, 15) is 18.4 Å². The number of rotatable bonds is 12.